The maximum absolute atomic E-state index is 13.5. The molecule has 1 fully saturated rings. The normalized spacial score (nSPS) is 17.6. The quantitative estimate of drug-likeness (QED) is 0.647. The first-order chi connectivity index (χ1) is 16.6. The summed E-state index contributed by atoms with van der Waals surface area (Å²) in [5, 5.41) is 2.60. The minimum atomic E-state index is -4.47. The molecule has 11 heteroatoms. The Morgan fingerprint density at radius 1 is 0.944 bits per heavy atom. The molecule has 0 spiro atoms. The van der Waals surface area contributed by atoms with Gasteiger partial charge in [-0.15, -0.1) is 0 Å². The van der Waals surface area contributed by atoms with E-state index in [2.05, 4.69) is 5.32 Å². The van der Waals surface area contributed by atoms with Crippen LogP contribution in [0.3, 0.4) is 0 Å². The van der Waals surface area contributed by atoms with Gasteiger partial charge in [-0.1, -0.05) is 45.0 Å². The Kier molecular flexibility index (Phi) is 7.85. The number of nitrogens with one attached hydrogen (secondary N) is 1. The number of hydrogen-bond acceptors (Lipinski definition) is 4. The molecule has 7 nitrogen and oxygen atoms in total. The number of amides is 2. The summed E-state index contributed by atoms with van der Waals surface area (Å²) < 4.78 is 66.4. The number of alkyl halides is 3. The second-order valence-electron chi connectivity index (χ2n) is 9.78. The van der Waals surface area contributed by atoms with Gasteiger partial charge in [-0.05, 0) is 40.8 Å². The standard InChI is InChI=1S/C25H30F3N3O4S/c1-17(32)30-13-14-31(36(34,35)21-11-9-19(10-12-21)24(2,3)4)22(16-30)23(33)29-15-18-5-7-20(8-6-18)25(26,27)28/h5-12,22H,13-16H2,1-4H3,(H,29,33). The molecule has 0 bridgehead atoms. The number of nitrogens with zero attached hydrogens (tertiary/aromatic N) is 2. The highest BCUT2D eigenvalue weighted by Gasteiger charge is 2.41. The third-order valence-corrected chi connectivity index (χ3v) is 8.08. The summed E-state index contributed by atoms with van der Waals surface area (Å²) in [4.78, 5) is 26.5. The molecule has 1 saturated heterocycles. The van der Waals surface area contributed by atoms with E-state index in [9.17, 15) is 31.2 Å². The van der Waals surface area contributed by atoms with Gasteiger partial charge in [0.25, 0.3) is 0 Å². The second-order valence-corrected chi connectivity index (χ2v) is 11.7. The Hall–Kier alpha value is -2.92. The van der Waals surface area contributed by atoms with Gasteiger partial charge < -0.3 is 10.2 Å². The van der Waals surface area contributed by atoms with Crippen LogP contribution in [0.25, 0.3) is 0 Å². The fraction of sp³-hybridized carbons (Fsp3) is 0.440. The van der Waals surface area contributed by atoms with Crippen molar-refractivity contribution >= 4 is 21.8 Å². The Balaban J connectivity index is 1.82. The van der Waals surface area contributed by atoms with Crippen LogP contribution in [0.5, 0.6) is 0 Å². The molecule has 0 aromatic heterocycles. The number of halogens is 3. The van der Waals surface area contributed by atoms with Gasteiger partial charge in [0.05, 0.1) is 10.5 Å². The molecule has 1 unspecified atom stereocenters. The molecule has 36 heavy (non-hydrogen) atoms. The SMILES string of the molecule is CC(=O)N1CCN(S(=O)(=O)c2ccc(C(C)(C)C)cc2)C(C(=O)NCc2ccc(C(F)(F)F)cc2)C1. The van der Waals surface area contributed by atoms with Gasteiger partial charge in [0, 0.05) is 33.1 Å². The van der Waals surface area contributed by atoms with Crippen LogP contribution in [0.4, 0.5) is 13.2 Å². The zero-order valence-electron chi connectivity index (χ0n) is 20.6. The topological polar surface area (TPSA) is 86.8 Å². The number of rotatable bonds is 5. The monoisotopic (exact) mass is 525 g/mol. The number of benzene rings is 2. The fourth-order valence-electron chi connectivity index (χ4n) is 3.93. The van der Waals surface area contributed by atoms with Crippen LogP contribution < -0.4 is 5.32 Å². The number of carbonyl (C=O) groups is 2. The van der Waals surface area contributed by atoms with E-state index < -0.39 is 33.7 Å². The molecular weight excluding hydrogens is 495 g/mol. The van der Waals surface area contributed by atoms with Crippen LogP contribution in [0.1, 0.15) is 44.4 Å². The molecule has 3 rings (SSSR count). The first kappa shape index (κ1) is 27.7. The molecule has 2 aromatic carbocycles. The molecule has 0 aliphatic carbocycles. The number of piperazine rings is 1. The molecule has 2 amide bonds. The van der Waals surface area contributed by atoms with Gasteiger partial charge in [0.1, 0.15) is 6.04 Å². The van der Waals surface area contributed by atoms with E-state index in [1.54, 1.807) is 12.1 Å². The van der Waals surface area contributed by atoms with E-state index in [-0.39, 0.29) is 42.4 Å². The molecule has 196 valence electrons. The summed E-state index contributed by atoms with van der Waals surface area (Å²) in [5.74, 6) is -0.933. The van der Waals surface area contributed by atoms with E-state index in [1.807, 2.05) is 20.8 Å². The Morgan fingerprint density at radius 3 is 2.00 bits per heavy atom. The lowest BCUT2D eigenvalue weighted by Crippen LogP contribution is -2.61. The predicted octanol–water partition coefficient (Wildman–Crippen LogP) is 3.54. The fourth-order valence-corrected chi connectivity index (χ4v) is 5.50. The van der Waals surface area contributed by atoms with Crippen molar-refractivity contribution < 1.29 is 31.2 Å². The summed E-state index contributed by atoms with van der Waals surface area (Å²) in [6, 6.07) is 9.61. The lowest BCUT2D eigenvalue weighted by Gasteiger charge is -2.39. The van der Waals surface area contributed by atoms with Crippen LogP contribution in [0.15, 0.2) is 53.4 Å². The minimum absolute atomic E-state index is 0.0346. The largest absolute Gasteiger partial charge is 0.416 e. The maximum atomic E-state index is 13.5. The summed E-state index contributed by atoms with van der Waals surface area (Å²) in [7, 11) is -4.06. The van der Waals surface area contributed by atoms with Gasteiger partial charge in [-0.2, -0.15) is 17.5 Å². The lowest BCUT2D eigenvalue weighted by atomic mass is 9.87. The zero-order valence-corrected chi connectivity index (χ0v) is 21.4. The highest BCUT2D eigenvalue weighted by atomic mass is 32.2. The van der Waals surface area contributed by atoms with E-state index >= 15 is 0 Å². The van der Waals surface area contributed by atoms with Gasteiger partial charge in [0.15, 0.2) is 0 Å². The first-order valence-electron chi connectivity index (χ1n) is 11.4. The molecule has 1 heterocycles. The first-order valence-corrected chi connectivity index (χ1v) is 12.9. The average molecular weight is 526 g/mol. The van der Waals surface area contributed by atoms with Crippen molar-refractivity contribution in [1.29, 1.82) is 0 Å². The molecule has 1 aliphatic heterocycles. The van der Waals surface area contributed by atoms with Crippen LogP contribution in [0, 0.1) is 0 Å². The molecular formula is C25H30F3N3O4S. The van der Waals surface area contributed by atoms with Crippen molar-refractivity contribution in [2.24, 2.45) is 0 Å². The second kappa shape index (κ2) is 10.2. The summed E-state index contributed by atoms with van der Waals surface area (Å²) >= 11 is 0. The van der Waals surface area contributed by atoms with Crippen LogP contribution in [-0.2, 0) is 37.7 Å². The van der Waals surface area contributed by atoms with Crippen LogP contribution in [0.2, 0.25) is 0 Å². The van der Waals surface area contributed by atoms with E-state index in [4.69, 9.17) is 0 Å². The third-order valence-electron chi connectivity index (χ3n) is 6.15. The van der Waals surface area contributed by atoms with Gasteiger partial charge in [-0.3, -0.25) is 9.59 Å². The molecule has 2 aromatic rings. The number of hydrogen-bond donors (Lipinski definition) is 1. The summed E-state index contributed by atoms with van der Waals surface area (Å²) in [5.41, 5.74) is 0.393. The maximum Gasteiger partial charge on any atom is 0.416 e. The van der Waals surface area contributed by atoms with Crippen molar-refractivity contribution in [1.82, 2.24) is 14.5 Å². The van der Waals surface area contributed by atoms with Crippen molar-refractivity contribution in [3.63, 3.8) is 0 Å². The zero-order chi connectivity index (χ0) is 26.9. The van der Waals surface area contributed by atoms with Crippen molar-refractivity contribution in [3.8, 4) is 0 Å². The van der Waals surface area contributed by atoms with Crippen LogP contribution in [-0.4, -0.2) is 55.1 Å². The molecule has 1 N–H and O–H groups in total. The molecule has 0 radical (unpaired) electrons. The van der Waals surface area contributed by atoms with E-state index in [0.717, 1.165) is 22.0 Å². The third kappa shape index (κ3) is 6.25. The highest BCUT2D eigenvalue weighted by Crippen LogP contribution is 2.29. The van der Waals surface area contributed by atoms with Crippen LogP contribution >= 0.6 is 0 Å². The Morgan fingerprint density at radius 2 is 1.50 bits per heavy atom. The predicted molar refractivity (Wildman–Crippen MR) is 128 cm³/mol. The smallest absolute Gasteiger partial charge is 0.351 e. The molecule has 1 atom stereocenters. The van der Waals surface area contributed by atoms with Crippen molar-refractivity contribution in [3.05, 3.63) is 65.2 Å². The summed E-state index contributed by atoms with van der Waals surface area (Å²) in [6.07, 6.45) is -4.47. The van der Waals surface area contributed by atoms with E-state index in [0.29, 0.717) is 5.56 Å². The van der Waals surface area contributed by atoms with Crippen molar-refractivity contribution in [2.45, 2.75) is 56.8 Å². The van der Waals surface area contributed by atoms with E-state index in [1.165, 1.54) is 36.1 Å². The van der Waals surface area contributed by atoms with Gasteiger partial charge in [-0.25, -0.2) is 8.42 Å². The van der Waals surface area contributed by atoms with Gasteiger partial charge >= 0.3 is 6.18 Å². The molecule has 0 saturated carbocycles. The van der Waals surface area contributed by atoms with Gasteiger partial charge in [0.2, 0.25) is 21.8 Å². The summed E-state index contributed by atoms with van der Waals surface area (Å²) in [6.45, 7) is 7.21. The van der Waals surface area contributed by atoms with Crippen molar-refractivity contribution in [2.75, 3.05) is 19.6 Å². The number of sulfonamides is 1. The average Bonchev–Trinajstić information content (AvgIpc) is 2.81. The lowest BCUT2D eigenvalue weighted by molar-refractivity contribution is -0.138. The minimum Gasteiger partial charge on any atom is -0.351 e. The Labute approximate surface area is 209 Å². The molecule has 1 aliphatic rings. The number of carbonyl (C=O) groups excluding carboxylic acids is 2. The Bertz CT molecular complexity index is 1210. The highest BCUT2D eigenvalue weighted by molar-refractivity contribution is 7.89.